The van der Waals surface area contributed by atoms with Gasteiger partial charge in [-0.15, -0.1) is 0 Å². The Labute approximate surface area is 147 Å². The molecule has 0 spiro atoms. The van der Waals surface area contributed by atoms with Gasteiger partial charge < -0.3 is 9.47 Å². The summed E-state index contributed by atoms with van der Waals surface area (Å²) in [5.74, 6) is 0.266. The van der Waals surface area contributed by atoms with E-state index in [0.29, 0.717) is 11.5 Å². The maximum Gasteiger partial charge on any atom is 0.279 e. The summed E-state index contributed by atoms with van der Waals surface area (Å²) in [4.78, 5) is 23.7. The maximum absolute atomic E-state index is 11.9. The first kappa shape index (κ1) is 18.3. The van der Waals surface area contributed by atoms with Crippen LogP contribution in [0.2, 0.25) is 0 Å². The first-order valence-corrected chi connectivity index (χ1v) is 7.95. The normalized spacial score (nSPS) is 11.3. The molecular weight excluding hydrogens is 320 g/mol. The first-order chi connectivity index (χ1) is 11.9. The summed E-state index contributed by atoms with van der Waals surface area (Å²) in [6.45, 7) is 5.30. The number of carbonyl (C=O) groups excluding carboxylic acids is 2. The fraction of sp³-hybridized carbons (Fsp3) is 0.263. The van der Waals surface area contributed by atoms with Gasteiger partial charge in [0.1, 0.15) is 11.5 Å². The van der Waals surface area contributed by atoms with Crippen molar-refractivity contribution in [1.82, 2.24) is 10.9 Å². The number of amides is 2. The SMILES string of the molecule is Cc1ccc(OC(C)C(=O)NNC(=O)COc2cccc(C)c2)cc1. The van der Waals surface area contributed by atoms with Gasteiger partial charge in [0.25, 0.3) is 11.8 Å². The third-order valence-electron chi connectivity index (χ3n) is 3.39. The number of aryl methyl sites for hydroxylation is 2. The lowest BCUT2D eigenvalue weighted by atomic mass is 10.2. The molecule has 0 aromatic heterocycles. The molecule has 0 aliphatic heterocycles. The second-order valence-electron chi connectivity index (χ2n) is 5.72. The van der Waals surface area contributed by atoms with Crippen molar-refractivity contribution < 1.29 is 19.1 Å². The molecule has 1 atom stereocenters. The van der Waals surface area contributed by atoms with Gasteiger partial charge in [0.2, 0.25) is 0 Å². The zero-order valence-corrected chi connectivity index (χ0v) is 14.5. The fourth-order valence-electron chi connectivity index (χ4n) is 2.00. The Morgan fingerprint density at radius 3 is 2.36 bits per heavy atom. The zero-order valence-electron chi connectivity index (χ0n) is 14.5. The van der Waals surface area contributed by atoms with Crippen molar-refractivity contribution in [3.05, 3.63) is 59.7 Å². The summed E-state index contributed by atoms with van der Waals surface area (Å²) in [5.41, 5.74) is 6.76. The van der Waals surface area contributed by atoms with Crippen LogP contribution in [0.25, 0.3) is 0 Å². The fourth-order valence-corrected chi connectivity index (χ4v) is 2.00. The third-order valence-corrected chi connectivity index (χ3v) is 3.39. The van der Waals surface area contributed by atoms with E-state index in [9.17, 15) is 9.59 Å². The van der Waals surface area contributed by atoms with Gasteiger partial charge in [0.05, 0.1) is 0 Å². The molecule has 0 fully saturated rings. The van der Waals surface area contributed by atoms with E-state index >= 15 is 0 Å². The van der Waals surface area contributed by atoms with Crippen molar-refractivity contribution in [3.63, 3.8) is 0 Å². The van der Waals surface area contributed by atoms with Gasteiger partial charge in [-0.2, -0.15) is 0 Å². The Morgan fingerprint density at radius 1 is 0.960 bits per heavy atom. The van der Waals surface area contributed by atoms with E-state index < -0.39 is 17.9 Å². The predicted molar refractivity (Wildman–Crippen MR) is 94.2 cm³/mol. The standard InChI is InChI=1S/C19H22N2O4/c1-13-7-9-16(10-8-13)25-15(3)19(23)21-20-18(22)12-24-17-6-4-5-14(2)11-17/h4-11,15H,12H2,1-3H3,(H,20,22)(H,21,23). The van der Waals surface area contributed by atoms with E-state index in [1.807, 2.05) is 44.2 Å². The van der Waals surface area contributed by atoms with Crippen LogP contribution in [-0.2, 0) is 9.59 Å². The summed E-state index contributed by atoms with van der Waals surface area (Å²) < 4.78 is 10.9. The predicted octanol–water partition coefficient (Wildman–Crippen LogP) is 2.30. The van der Waals surface area contributed by atoms with E-state index in [4.69, 9.17) is 9.47 Å². The molecule has 2 aromatic rings. The number of ether oxygens (including phenoxy) is 2. The minimum atomic E-state index is -0.749. The average Bonchev–Trinajstić information content (AvgIpc) is 2.60. The van der Waals surface area contributed by atoms with Crippen molar-refractivity contribution in [2.45, 2.75) is 26.9 Å². The van der Waals surface area contributed by atoms with Crippen molar-refractivity contribution in [1.29, 1.82) is 0 Å². The van der Waals surface area contributed by atoms with Crippen molar-refractivity contribution in [3.8, 4) is 11.5 Å². The van der Waals surface area contributed by atoms with Gasteiger partial charge in [-0.1, -0.05) is 29.8 Å². The smallest absolute Gasteiger partial charge is 0.279 e. The highest BCUT2D eigenvalue weighted by atomic mass is 16.5. The number of nitrogens with one attached hydrogen (secondary N) is 2. The highest BCUT2D eigenvalue weighted by Crippen LogP contribution is 2.13. The molecule has 0 aliphatic carbocycles. The molecule has 6 nitrogen and oxygen atoms in total. The monoisotopic (exact) mass is 342 g/mol. The Kier molecular flexibility index (Phi) is 6.39. The van der Waals surface area contributed by atoms with Gasteiger partial charge in [-0.05, 0) is 50.6 Å². The van der Waals surface area contributed by atoms with Crippen molar-refractivity contribution >= 4 is 11.8 Å². The number of benzene rings is 2. The van der Waals surface area contributed by atoms with Crippen LogP contribution in [0.3, 0.4) is 0 Å². The summed E-state index contributed by atoms with van der Waals surface area (Å²) in [7, 11) is 0. The molecule has 2 N–H and O–H groups in total. The number of rotatable bonds is 6. The molecule has 2 amide bonds. The lowest BCUT2D eigenvalue weighted by Gasteiger charge is -2.15. The lowest BCUT2D eigenvalue weighted by molar-refractivity contribution is -0.133. The lowest BCUT2D eigenvalue weighted by Crippen LogP contribution is -2.48. The second-order valence-corrected chi connectivity index (χ2v) is 5.72. The molecule has 0 bridgehead atoms. The average molecular weight is 342 g/mol. The molecule has 0 saturated carbocycles. The van der Waals surface area contributed by atoms with Crippen LogP contribution in [0.1, 0.15) is 18.1 Å². The highest BCUT2D eigenvalue weighted by Gasteiger charge is 2.15. The van der Waals surface area contributed by atoms with E-state index in [2.05, 4.69) is 10.9 Å². The Bertz CT molecular complexity index is 728. The van der Waals surface area contributed by atoms with Crippen LogP contribution in [-0.4, -0.2) is 24.5 Å². The topological polar surface area (TPSA) is 76.7 Å². The van der Waals surface area contributed by atoms with Crippen LogP contribution < -0.4 is 20.3 Å². The highest BCUT2D eigenvalue weighted by molar-refractivity contribution is 5.85. The second kappa shape index (κ2) is 8.73. The molecule has 0 saturated heterocycles. The Hall–Kier alpha value is -3.02. The Morgan fingerprint density at radius 2 is 1.68 bits per heavy atom. The number of carbonyl (C=O) groups is 2. The van der Waals surface area contributed by atoms with Gasteiger partial charge in [0.15, 0.2) is 12.7 Å². The maximum atomic E-state index is 11.9. The van der Waals surface area contributed by atoms with Crippen molar-refractivity contribution in [2.24, 2.45) is 0 Å². The van der Waals surface area contributed by atoms with Gasteiger partial charge >= 0.3 is 0 Å². The molecule has 0 aliphatic rings. The van der Waals surface area contributed by atoms with E-state index in [0.717, 1.165) is 11.1 Å². The zero-order chi connectivity index (χ0) is 18.2. The van der Waals surface area contributed by atoms with Crippen LogP contribution in [0.5, 0.6) is 11.5 Å². The number of hydrazine groups is 1. The van der Waals surface area contributed by atoms with E-state index in [1.54, 1.807) is 25.1 Å². The van der Waals surface area contributed by atoms with E-state index in [-0.39, 0.29) is 6.61 Å². The minimum Gasteiger partial charge on any atom is -0.484 e. The largest absolute Gasteiger partial charge is 0.484 e. The third kappa shape index (κ3) is 6.18. The molecule has 0 radical (unpaired) electrons. The van der Waals surface area contributed by atoms with Crippen LogP contribution in [0.4, 0.5) is 0 Å². The Balaban J connectivity index is 1.72. The molecule has 25 heavy (non-hydrogen) atoms. The van der Waals surface area contributed by atoms with Gasteiger partial charge in [0, 0.05) is 0 Å². The minimum absolute atomic E-state index is 0.197. The molecule has 2 aromatic carbocycles. The van der Waals surface area contributed by atoms with Crippen LogP contribution >= 0.6 is 0 Å². The molecule has 0 heterocycles. The first-order valence-electron chi connectivity index (χ1n) is 7.95. The van der Waals surface area contributed by atoms with Gasteiger partial charge in [-0.3, -0.25) is 20.4 Å². The van der Waals surface area contributed by atoms with E-state index in [1.165, 1.54) is 0 Å². The van der Waals surface area contributed by atoms with Crippen LogP contribution in [0, 0.1) is 13.8 Å². The van der Waals surface area contributed by atoms with Gasteiger partial charge in [-0.25, -0.2) is 0 Å². The number of hydrogen-bond acceptors (Lipinski definition) is 4. The molecule has 132 valence electrons. The van der Waals surface area contributed by atoms with Crippen molar-refractivity contribution in [2.75, 3.05) is 6.61 Å². The summed E-state index contributed by atoms with van der Waals surface area (Å²) in [6.07, 6.45) is -0.749. The summed E-state index contributed by atoms with van der Waals surface area (Å²) in [5, 5.41) is 0. The summed E-state index contributed by atoms with van der Waals surface area (Å²) in [6, 6.07) is 14.7. The summed E-state index contributed by atoms with van der Waals surface area (Å²) >= 11 is 0. The van der Waals surface area contributed by atoms with Crippen LogP contribution in [0.15, 0.2) is 48.5 Å². The molecular formula is C19H22N2O4. The molecule has 2 rings (SSSR count). The molecule has 6 heteroatoms. The number of hydrogen-bond donors (Lipinski definition) is 2. The molecule has 1 unspecified atom stereocenters. The quantitative estimate of drug-likeness (QED) is 0.790.